The van der Waals surface area contributed by atoms with Crippen LogP contribution in [-0.4, -0.2) is 38.1 Å². The first-order valence-corrected chi connectivity index (χ1v) is 7.36. The summed E-state index contributed by atoms with van der Waals surface area (Å²) in [7, 11) is 0. The van der Waals surface area contributed by atoms with Gasteiger partial charge in [0.25, 0.3) is 5.91 Å². The van der Waals surface area contributed by atoms with Crippen LogP contribution in [0.1, 0.15) is 29.6 Å². The van der Waals surface area contributed by atoms with Gasteiger partial charge >= 0.3 is 6.03 Å². The molecule has 0 spiro atoms. The van der Waals surface area contributed by atoms with Crippen molar-refractivity contribution in [3.05, 3.63) is 29.8 Å². The first-order chi connectivity index (χ1) is 10.2. The topological polar surface area (TPSA) is 87.5 Å². The summed E-state index contributed by atoms with van der Waals surface area (Å²) in [4.78, 5) is 25.5. The number of halogens is 1. The Bertz CT molecular complexity index is 510. The minimum absolute atomic E-state index is 0. The lowest BCUT2D eigenvalue weighted by Crippen LogP contribution is -2.46. The lowest BCUT2D eigenvalue weighted by molar-refractivity contribution is 0.0953. The molecule has 1 aliphatic rings. The molecule has 1 aromatic rings. The second-order valence-electron chi connectivity index (χ2n) is 5.04. The van der Waals surface area contributed by atoms with Crippen LogP contribution < -0.4 is 21.3 Å². The normalized spacial score (nSPS) is 14.0. The zero-order valence-corrected chi connectivity index (χ0v) is 13.3. The van der Waals surface area contributed by atoms with Crippen molar-refractivity contribution in [3.63, 3.8) is 0 Å². The maximum absolute atomic E-state index is 12.1. The summed E-state index contributed by atoms with van der Waals surface area (Å²) in [6, 6.07) is 7.04. The second-order valence-corrected chi connectivity index (χ2v) is 5.04. The molecule has 0 atom stereocenters. The van der Waals surface area contributed by atoms with Gasteiger partial charge in [0.05, 0.1) is 0 Å². The third-order valence-corrected chi connectivity index (χ3v) is 3.42. The van der Waals surface area contributed by atoms with E-state index >= 15 is 0 Å². The minimum Gasteiger partial charge on any atom is -0.352 e. The number of anilines is 1. The highest BCUT2D eigenvalue weighted by Crippen LogP contribution is 2.18. The molecule has 22 heavy (non-hydrogen) atoms. The third-order valence-electron chi connectivity index (χ3n) is 3.42. The molecule has 1 aromatic carbocycles. The van der Waals surface area contributed by atoms with Crippen molar-refractivity contribution >= 4 is 30.0 Å². The number of hydrogen-bond donors (Lipinski definition) is 3. The number of amides is 3. The highest BCUT2D eigenvalue weighted by molar-refractivity contribution is 5.97. The molecule has 1 fully saturated rings. The number of carbonyl (C=O) groups is 2. The third kappa shape index (κ3) is 4.89. The molecule has 0 aliphatic carbocycles. The van der Waals surface area contributed by atoms with Crippen molar-refractivity contribution in [3.8, 4) is 0 Å². The molecule has 0 saturated carbocycles. The molecule has 1 heterocycles. The Hall–Kier alpha value is -1.79. The molecule has 6 nitrogen and oxygen atoms in total. The van der Waals surface area contributed by atoms with E-state index < -0.39 is 0 Å². The van der Waals surface area contributed by atoms with Crippen LogP contribution in [0.5, 0.6) is 0 Å². The average Bonchev–Trinajstić information content (AvgIpc) is 2.52. The van der Waals surface area contributed by atoms with Gasteiger partial charge in [0.15, 0.2) is 0 Å². The maximum atomic E-state index is 12.1. The Morgan fingerprint density at radius 1 is 1.36 bits per heavy atom. The lowest BCUT2D eigenvalue weighted by Gasteiger charge is -2.27. The number of hydrogen-bond acceptors (Lipinski definition) is 3. The number of benzene rings is 1. The number of nitrogens with zero attached hydrogens (tertiary/aromatic N) is 1. The number of urea groups is 1. The summed E-state index contributed by atoms with van der Waals surface area (Å²) < 4.78 is 0. The van der Waals surface area contributed by atoms with Gasteiger partial charge < -0.3 is 16.4 Å². The van der Waals surface area contributed by atoms with Crippen LogP contribution in [0.4, 0.5) is 10.5 Å². The van der Waals surface area contributed by atoms with E-state index in [9.17, 15) is 9.59 Å². The molecular weight excluding hydrogens is 304 g/mol. The number of unbranched alkanes of at least 4 members (excludes halogenated alkanes) is 1. The van der Waals surface area contributed by atoms with Crippen molar-refractivity contribution in [2.45, 2.75) is 19.3 Å². The largest absolute Gasteiger partial charge is 0.352 e. The molecule has 4 N–H and O–H groups in total. The zero-order chi connectivity index (χ0) is 15.1. The first kappa shape index (κ1) is 18.3. The quantitative estimate of drug-likeness (QED) is 0.692. The fraction of sp³-hybridized carbons (Fsp3) is 0.467. The number of nitrogens with one attached hydrogen (secondary N) is 2. The summed E-state index contributed by atoms with van der Waals surface area (Å²) >= 11 is 0. The summed E-state index contributed by atoms with van der Waals surface area (Å²) in [6.45, 7) is 2.63. The van der Waals surface area contributed by atoms with Crippen LogP contribution in [0.15, 0.2) is 24.3 Å². The monoisotopic (exact) mass is 326 g/mol. The first-order valence-electron chi connectivity index (χ1n) is 7.36. The van der Waals surface area contributed by atoms with Gasteiger partial charge in [-0.15, -0.1) is 12.4 Å². The van der Waals surface area contributed by atoms with Crippen LogP contribution in [0.2, 0.25) is 0 Å². The van der Waals surface area contributed by atoms with Gasteiger partial charge in [-0.25, -0.2) is 4.79 Å². The molecule has 1 aliphatic heterocycles. The van der Waals surface area contributed by atoms with E-state index in [2.05, 4.69) is 10.6 Å². The molecule has 0 bridgehead atoms. The molecule has 0 aromatic heterocycles. The predicted molar refractivity (Wildman–Crippen MR) is 89.7 cm³/mol. The van der Waals surface area contributed by atoms with E-state index in [1.807, 2.05) is 6.07 Å². The Kier molecular flexibility index (Phi) is 7.70. The van der Waals surface area contributed by atoms with Gasteiger partial charge in [0.1, 0.15) is 0 Å². The Labute approximate surface area is 136 Å². The summed E-state index contributed by atoms with van der Waals surface area (Å²) in [5.41, 5.74) is 6.74. The molecule has 122 valence electrons. The smallest absolute Gasteiger partial charge is 0.321 e. The fourth-order valence-corrected chi connectivity index (χ4v) is 2.26. The second kappa shape index (κ2) is 9.27. The van der Waals surface area contributed by atoms with E-state index in [4.69, 9.17) is 5.73 Å². The van der Waals surface area contributed by atoms with E-state index in [0.29, 0.717) is 31.7 Å². The van der Waals surface area contributed by atoms with Crippen LogP contribution in [0.25, 0.3) is 0 Å². The van der Waals surface area contributed by atoms with Gasteiger partial charge in [-0.1, -0.05) is 6.07 Å². The fourth-order valence-electron chi connectivity index (χ4n) is 2.26. The van der Waals surface area contributed by atoms with Gasteiger partial charge in [0.2, 0.25) is 0 Å². The Morgan fingerprint density at radius 3 is 2.91 bits per heavy atom. The van der Waals surface area contributed by atoms with E-state index in [0.717, 1.165) is 24.9 Å². The van der Waals surface area contributed by atoms with E-state index in [1.165, 1.54) is 0 Å². The summed E-state index contributed by atoms with van der Waals surface area (Å²) in [6.07, 6.45) is 2.67. The lowest BCUT2D eigenvalue weighted by atomic mass is 10.1. The molecule has 0 unspecified atom stereocenters. The molecule has 2 rings (SSSR count). The standard InChI is InChI=1S/C15H22N4O2.ClH/c16-7-1-2-8-17-14(20)12-5-3-6-13(11-12)19-10-4-9-18-15(19)21;/h3,5-6,11H,1-2,4,7-10,16H2,(H,17,20)(H,18,21);1H. The van der Waals surface area contributed by atoms with Gasteiger partial charge in [-0.3, -0.25) is 9.69 Å². The van der Waals surface area contributed by atoms with Crippen molar-refractivity contribution in [1.29, 1.82) is 0 Å². The maximum Gasteiger partial charge on any atom is 0.321 e. The van der Waals surface area contributed by atoms with Crippen LogP contribution in [0, 0.1) is 0 Å². The van der Waals surface area contributed by atoms with E-state index in [1.54, 1.807) is 23.1 Å². The Balaban J connectivity index is 0.00000242. The van der Waals surface area contributed by atoms with Gasteiger partial charge in [-0.05, 0) is 44.0 Å². The van der Waals surface area contributed by atoms with Crippen molar-refractivity contribution < 1.29 is 9.59 Å². The molecular formula is C15H23ClN4O2. The van der Waals surface area contributed by atoms with Crippen molar-refractivity contribution in [2.24, 2.45) is 5.73 Å². The number of rotatable bonds is 6. The minimum atomic E-state index is -0.119. The predicted octanol–water partition coefficient (Wildman–Crippen LogP) is 1.50. The molecule has 7 heteroatoms. The average molecular weight is 327 g/mol. The Morgan fingerprint density at radius 2 is 2.18 bits per heavy atom. The van der Waals surface area contributed by atoms with Gasteiger partial charge in [0, 0.05) is 30.9 Å². The number of carbonyl (C=O) groups excluding carboxylic acids is 2. The van der Waals surface area contributed by atoms with E-state index in [-0.39, 0.29) is 24.3 Å². The van der Waals surface area contributed by atoms with Crippen LogP contribution >= 0.6 is 12.4 Å². The highest BCUT2D eigenvalue weighted by Gasteiger charge is 2.19. The number of nitrogens with two attached hydrogens (primary N) is 1. The molecule has 0 radical (unpaired) electrons. The van der Waals surface area contributed by atoms with Crippen LogP contribution in [0.3, 0.4) is 0 Å². The van der Waals surface area contributed by atoms with Crippen molar-refractivity contribution in [2.75, 3.05) is 31.1 Å². The van der Waals surface area contributed by atoms with Crippen molar-refractivity contribution in [1.82, 2.24) is 10.6 Å². The zero-order valence-electron chi connectivity index (χ0n) is 12.5. The highest BCUT2D eigenvalue weighted by atomic mass is 35.5. The van der Waals surface area contributed by atoms with Crippen LogP contribution in [-0.2, 0) is 0 Å². The van der Waals surface area contributed by atoms with Gasteiger partial charge in [-0.2, -0.15) is 0 Å². The summed E-state index contributed by atoms with van der Waals surface area (Å²) in [5.74, 6) is -0.119. The molecule has 3 amide bonds. The molecule has 1 saturated heterocycles. The summed E-state index contributed by atoms with van der Waals surface area (Å²) in [5, 5.41) is 5.66. The SMILES string of the molecule is Cl.NCCCCNC(=O)c1cccc(N2CCCNC2=O)c1.